The van der Waals surface area contributed by atoms with E-state index in [1.807, 2.05) is 42.5 Å². The highest BCUT2D eigenvalue weighted by atomic mass is 32.1. The standard InChI is InChI=1S/C22H22N2O4S2/c1-3-28-21(26)17(13-15-9-5-4-6-10-15)24-20(25)19(30-22(24)29)14-23-16-11-7-8-12-18(16)27-2/h4-12,14,17,25H,3,13H2,1-2H3/t17-/m1/s1. The first-order valence-electron chi connectivity index (χ1n) is 9.37. The summed E-state index contributed by atoms with van der Waals surface area (Å²) < 4.78 is 12.3. The summed E-state index contributed by atoms with van der Waals surface area (Å²) in [7, 11) is 1.57. The second kappa shape index (κ2) is 10.2. The Labute approximate surface area is 184 Å². The van der Waals surface area contributed by atoms with Crippen molar-refractivity contribution >= 4 is 41.4 Å². The van der Waals surface area contributed by atoms with Crippen molar-refractivity contribution in [1.82, 2.24) is 4.57 Å². The second-order valence-electron chi connectivity index (χ2n) is 6.31. The van der Waals surface area contributed by atoms with Crippen molar-refractivity contribution in [1.29, 1.82) is 0 Å². The number of nitrogens with zero attached hydrogens (tertiary/aromatic N) is 2. The van der Waals surface area contributed by atoms with Crippen LogP contribution in [0, 0.1) is 3.95 Å². The first-order valence-corrected chi connectivity index (χ1v) is 10.6. The Morgan fingerprint density at radius 3 is 2.63 bits per heavy atom. The minimum Gasteiger partial charge on any atom is -0.494 e. The zero-order valence-electron chi connectivity index (χ0n) is 16.6. The number of ether oxygens (including phenoxy) is 2. The van der Waals surface area contributed by atoms with E-state index in [0.29, 0.717) is 26.7 Å². The van der Waals surface area contributed by atoms with E-state index in [4.69, 9.17) is 21.7 Å². The molecule has 0 bridgehead atoms. The van der Waals surface area contributed by atoms with Gasteiger partial charge < -0.3 is 14.6 Å². The summed E-state index contributed by atoms with van der Waals surface area (Å²) >= 11 is 6.64. The van der Waals surface area contributed by atoms with Crippen LogP contribution in [-0.4, -0.2) is 35.6 Å². The van der Waals surface area contributed by atoms with Crippen molar-refractivity contribution in [2.24, 2.45) is 4.99 Å². The van der Waals surface area contributed by atoms with E-state index in [-0.39, 0.29) is 12.5 Å². The minimum atomic E-state index is -0.774. The molecule has 0 radical (unpaired) electrons. The molecule has 3 rings (SSSR count). The molecule has 30 heavy (non-hydrogen) atoms. The van der Waals surface area contributed by atoms with Gasteiger partial charge in [-0.15, -0.1) is 0 Å². The molecule has 156 valence electrons. The Morgan fingerprint density at radius 2 is 1.93 bits per heavy atom. The van der Waals surface area contributed by atoms with Gasteiger partial charge in [0.2, 0.25) is 5.88 Å². The fraction of sp³-hybridized carbons (Fsp3) is 0.227. The highest BCUT2D eigenvalue weighted by Crippen LogP contribution is 2.32. The Hall–Kier alpha value is -2.97. The number of carbonyl (C=O) groups excluding carboxylic acids is 1. The van der Waals surface area contributed by atoms with Crippen LogP contribution in [-0.2, 0) is 16.0 Å². The maximum Gasteiger partial charge on any atom is 0.329 e. The average molecular weight is 443 g/mol. The molecule has 8 heteroatoms. The number of para-hydroxylation sites is 2. The number of thiazole rings is 1. The molecule has 1 heterocycles. The van der Waals surface area contributed by atoms with E-state index >= 15 is 0 Å². The van der Waals surface area contributed by atoms with Crippen molar-refractivity contribution in [3.8, 4) is 11.6 Å². The molecule has 6 nitrogen and oxygen atoms in total. The van der Waals surface area contributed by atoms with Gasteiger partial charge in [-0.2, -0.15) is 0 Å². The fourth-order valence-electron chi connectivity index (χ4n) is 2.97. The average Bonchev–Trinajstić information content (AvgIpc) is 3.04. The maximum atomic E-state index is 12.7. The summed E-state index contributed by atoms with van der Waals surface area (Å²) in [5.41, 5.74) is 1.56. The van der Waals surface area contributed by atoms with E-state index in [9.17, 15) is 9.90 Å². The maximum absolute atomic E-state index is 12.7. The van der Waals surface area contributed by atoms with E-state index in [1.54, 1.807) is 26.2 Å². The SMILES string of the molecule is CCOC(=O)[C@@H](Cc1ccccc1)n1c(O)c(C=Nc2ccccc2OC)sc1=S. The third-order valence-corrected chi connectivity index (χ3v) is 5.72. The molecule has 0 aliphatic heterocycles. The fourth-order valence-corrected chi connectivity index (χ4v) is 4.25. The van der Waals surface area contributed by atoms with E-state index in [2.05, 4.69) is 4.99 Å². The number of methoxy groups -OCH3 is 1. The summed E-state index contributed by atoms with van der Waals surface area (Å²) in [6.07, 6.45) is 1.87. The molecule has 0 fully saturated rings. The van der Waals surface area contributed by atoms with Gasteiger partial charge >= 0.3 is 5.97 Å². The van der Waals surface area contributed by atoms with Crippen LogP contribution in [0.1, 0.15) is 23.4 Å². The molecule has 1 N–H and O–H groups in total. The zero-order chi connectivity index (χ0) is 21.5. The van der Waals surface area contributed by atoms with Crippen molar-refractivity contribution in [3.63, 3.8) is 0 Å². The number of benzene rings is 2. The highest BCUT2D eigenvalue weighted by Gasteiger charge is 2.27. The third kappa shape index (κ3) is 4.95. The molecule has 0 amide bonds. The largest absolute Gasteiger partial charge is 0.494 e. The Kier molecular flexibility index (Phi) is 7.37. The number of rotatable bonds is 8. The summed E-state index contributed by atoms with van der Waals surface area (Å²) in [6.45, 7) is 1.99. The van der Waals surface area contributed by atoms with E-state index < -0.39 is 12.0 Å². The molecule has 1 atom stereocenters. The van der Waals surface area contributed by atoms with Crippen molar-refractivity contribution in [3.05, 3.63) is 69.0 Å². The molecule has 0 aliphatic rings. The number of aromatic hydroxyl groups is 1. The summed E-state index contributed by atoms with van der Waals surface area (Å²) in [5.74, 6) is 0.0566. The van der Waals surface area contributed by atoms with Crippen LogP contribution >= 0.6 is 23.6 Å². The smallest absolute Gasteiger partial charge is 0.329 e. The van der Waals surface area contributed by atoms with Gasteiger partial charge in [0.05, 0.1) is 19.9 Å². The molecule has 2 aromatic carbocycles. The normalized spacial score (nSPS) is 12.1. The Morgan fingerprint density at radius 1 is 1.23 bits per heavy atom. The van der Waals surface area contributed by atoms with Crippen LogP contribution in [0.2, 0.25) is 0 Å². The topological polar surface area (TPSA) is 73.0 Å². The molecule has 1 aromatic heterocycles. The third-order valence-electron chi connectivity index (χ3n) is 4.39. The Balaban J connectivity index is 1.97. The van der Waals surface area contributed by atoms with Gasteiger partial charge in [-0.05, 0) is 36.8 Å². The molecular formula is C22H22N2O4S2. The van der Waals surface area contributed by atoms with Crippen LogP contribution in [0.15, 0.2) is 59.6 Å². The number of hydrogen-bond acceptors (Lipinski definition) is 7. The number of carbonyl (C=O) groups is 1. The van der Waals surface area contributed by atoms with Crippen LogP contribution in [0.5, 0.6) is 11.6 Å². The summed E-state index contributed by atoms with van der Waals surface area (Å²) in [6, 6.07) is 16.1. The lowest BCUT2D eigenvalue weighted by atomic mass is 10.1. The summed E-state index contributed by atoms with van der Waals surface area (Å²) in [4.78, 5) is 17.5. The molecule has 0 spiro atoms. The van der Waals surface area contributed by atoms with Gasteiger partial charge in [0, 0.05) is 6.42 Å². The van der Waals surface area contributed by atoms with Crippen molar-refractivity contribution in [2.75, 3.05) is 13.7 Å². The molecular weight excluding hydrogens is 420 g/mol. The molecule has 0 saturated carbocycles. The molecule has 0 aliphatic carbocycles. The number of aromatic nitrogens is 1. The predicted octanol–water partition coefficient (Wildman–Crippen LogP) is 5.09. The van der Waals surface area contributed by atoms with Gasteiger partial charge in [0.25, 0.3) is 0 Å². The quantitative estimate of drug-likeness (QED) is 0.299. The predicted molar refractivity (Wildman–Crippen MR) is 121 cm³/mol. The van der Waals surface area contributed by atoms with E-state index in [1.165, 1.54) is 22.1 Å². The number of hydrogen-bond donors (Lipinski definition) is 1. The van der Waals surface area contributed by atoms with Crippen LogP contribution < -0.4 is 4.74 Å². The van der Waals surface area contributed by atoms with Crippen molar-refractivity contribution in [2.45, 2.75) is 19.4 Å². The Bertz CT molecular complexity index is 1090. The lowest BCUT2D eigenvalue weighted by molar-refractivity contribution is -0.147. The number of aliphatic imine (C=N–C) groups is 1. The summed E-state index contributed by atoms with van der Waals surface area (Å²) in [5, 5.41) is 10.9. The first kappa shape index (κ1) is 21.7. The van der Waals surface area contributed by atoms with Gasteiger partial charge in [-0.25, -0.2) is 4.79 Å². The lowest BCUT2D eigenvalue weighted by Gasteiger charge is -2.18. The monoisotopic (exact) mass is 442 g/mol. The zero-order valence-corrected chi connectivity index (χ0v) is 18.3. The molecule has 3 aromatic rings. The van der Waals surface area contributed by atoms with Gasteiger partial charge in [-0.1, -0.05) is 53.8 Å². The lowest BCUT2D eigenvalue weighted by Crippen LogP contribution is -2.24. The molecule has 0 unspecified atom stereocenters. The number of esters is 1. The molecule has 0 saturated heterocycles. The first-order chi connectivity index (χ1) is 14.5. The van der Waals surface area contributed by atoms with E-state index in [0.717, 1.165) is 5.56 Å². The van der Waals surface area contributed by atoms with Crippen LogP contribution in [0.4, 0.5) is 5.69 Å². The second-order valence-corrected chi connectivity index (χ2v) is 7.99. The van der Waals surface area contributed by atoms with Gasteiger partial charge in [0.1, 0.15) is 22.4 Å². The van der Waals surface area contributed by atoms with Crippen LogP contribution in [0.3, 0.4) is 0 Å². The van der Waals surface area contributed by atoms with Crippen molar-refractivity contribution < 1.29 is 19.4 Å². The van der Waals surface area contributed by atoms with Gasteiger partial charge in [0.15, 0.2) is 3.95 Å². The van der Waals surface area contributed by atoms with Gasteiger partial charge in [-0.3, -0.25) is 9.56 Å². The minimum absolute atomic E-state index is 0.113. The highest BCUT2D eigenvalue weighted by molar-refractivity contribution is 7.73. The van der Waals surface area contributed by atoms with Crippen LogP contribution in [0.25, 0.3) is 0 Å².